The minimum absolute atomic E-state index is 0.0853. The summed E-state index contributed by atoms with van der Waals surface area (Å²) < 4.78 is 1.90. The zero-order valence-electron chi connectivity index (χ0n) is 16.0. The second-order valence-corrected chi connectivity index (χ2v) is 8.23. The third-order valence-electron chi connectivity index (χ3n) is 4.91. The summed E-state index contributed by atoms with van der Waals surface area (Å²) in [5.74, 6) is 0. The highest BCUT2D eigenvalue weighted by Gasteiger charge is 2.22. The molecule has 0 bridgehead atoms. The van der Waals surface area contributed by atoms with E-state index >= 15 is 0 Å². The molecular formula is C21H23N5OS. The number of nitrogens with zero attached hydrogens (tertiary/aromatic N) is 4. The zero-order valence-corrected chi connectivity index (χ0v) is 16.8. The smallest absolute Gasteiger partial charge is 0.312 e. The van der Waals surface area contributed by atoms with Crippen molar-refractivity contribution in [1.82, 2.24) is 14.8 Å². The number of fused-ring (bicyclic) bond motifs is 1. The molecule has 2 amide bonds. The van der Waals surface area contributed by atoms with Gasteiger partial charge in [0.2, 0.25) is 0 Å². The molecule has 0 aliphatic carbocycles. The minimum atomic E-state index is -0.0853. The topological polar surface area (TPSA) is 63.1 Å². The minimum Gasteiger partial charge on any atom is -0.312 e. The third kappa shape index (κ3) is 3.89. The van der Waals surface area contributed by atoms with Gasteiger partial charge in [-0.05, 0) is 49.1 Å². The summed E-state index contributed by atoms with van der Waals surface area (Å²) in [6.45, 7) is 2.86. The zero-order chi connectivity index (χ0) is 19.5. The molecule has 7 heteroatoms. The highest BCUT2D eigenvalue weighted by molar-refractivity contribution is 7.99. The first kappa shape index (κ1) is 18.6. The summed E-state index contributed by atoms with van der Waals surface area (Å²) in [4.78, 5) is 14.7. The number of nitrogens with one attached hydrogen (secondary N) is 1. The number of anilines is 2. The van der Waals surface area contributed by atoms with E-state index in [-0.39, 0.29) is 11.3 Å². The fraction of sp³-hybridized carbons (Fsp3) is 0.286. The largest absolute Gasteiger partial charge is 0.326 e. The van der Waals surface area contributed by atoms with E-state index in [4.69, 9.17) is 0 Å². The van der Waals surface area contributed by atoms with Crippen molar-refractivity contribution in [3.63, 3.8) is 0 Å². The molecule has 0 spiro atoms. The van der Waals surface area contributed by atoms with Gasteiger partial charge in [-0.15, -0.1) is 10.2 Å². The Bertz CT molecular complexity index is 986. The highest BCUT2D eigenvalue weighted by atomic mass is 32.2. The first-order valence-electron chi connectivity index (χ1n) is 9.39. The van der Waals surface area contributed by atoms with Crippen LogP contribution in [-0.2, 0) is 13.5 Å². The van der Waals surface area contributed by atoms with Crippen molar-refractivity contribution in [3.8, 4) is 0 Å². The van der Waals surface area contributed by atoms with Gasteiger partial charge in [-0.1, -0.05) is 42.1 Å². The van der Waals surface area contributed by atoms with Gasteiger partial charge in [-0.3, -0.25) is 4.90 Å². The van der Waals surface area contributed by atoms with Crippen molar-refractivity contribution in [3.05, 3.63) is 66.0 Å². The van der Waals surface area contributed by atoms with Crippen LogP contribution in [0.2, 0.25) is 0 Å². The van der Waals surface area contributed by atoms with Crippen LogP contribution >= 0.6 is 11.8 Å². The molecule has 2 heterocycles. The lowest BCUT2D eigenvalue weighted by atomic mass is 10.0. The number of rotatable bonds is 4. The number of carbonyl (C=O) groups is 1. The van der Waals surface area contributed by atoms with Gasteiger partial charge in [-0.25, -0.2) is 4.79 Å². The SMILES string of the molecule is C[C@H](Sc1nncn1C)c1cccc(NC(=O)N2CCCc3ccccc32)c1. The Hall–Kier alpha value is -2.80. The molecule has 3 aromatic rings. The van der Waals surface area contributed by atoms with Gasteiger partial charge in [0.15, 0.2) is 5.16 Å². The van der Waals surface area contributed by atoms with Crippen LogP contribution in [0.4, 0.5) is 16.2 Å². The molecule has 28 heavy (non-hydrogen) atoms. The van der Waals surface area contributed by atoms with Crippen molar-refractivity contribution < 1.29 is 4.79 Å². The van der Waals surface area contributed by atoms with E-state index in [0.717, 1.165) is 41.5 Å². The van der Waals surface area contributed by atoms with Crippen molar-refractivity contribution in [2.45, 2.75) is 30.2 Å². The standard InChI is InChI=1S/C21H23N5OS/c1-15(28-21-24-22-14-25(21)2)17-8-5-10-18(13-17)23-20(27)26-12-6-9-16-7-3-4-11-19(16)26/h3-5,7-8,10-11,13-15H,6,9,12H2,1-2H3,(H,23,27)/t15-/m0/s1. The molecule has 1 aliphatic rings. The van der Waals surface area contributed by atoms with Gasteiger partial charge in [0.25, 0.3) is 0 Å². The summed E-state index contributed by atoms with van der Waals surface area (Å²) in [6, 6.07) is 16.0. The molecule has 1 N–H and O–H groups in total. The van der Waals surface area contributed by atoms with Crippen LogP contribution in [0.1, 0.15) is 29.7 Å². The number of urea groups is 1. The van der Waals surface area contributed by atoms with Gasteiger partial charge in [0.05, 0.1) is 0 Å². The van der Waals surface area contributed by atoms with E-state index < -0.39 is 0 Å². The Balaban J connectivity index is 1.48. The molecule has 0 saturated heterocycles. The van der Waals surface area contributed by atoms with Gasteiger partial charge in [-0.2, -0.15) is 0 Å². The fourth-order valence-corrected chi connectivity index (χ4v) is 4.32. The molecular weight excluding hydrogens is 370 g/mol. The fourth-order valence-electron chi connectivity index (χ4n) is 3.41. The molecule has 6 nitrogen and oxygen atoms in total. The molecule has 0 radical (unpaired) electrons. The van der Waals surface area contributed by atoms with Crippen LogP contribution in [0.3, 0.4) is 0 Å². The highest BCUT2D eigenvalue weighted by Crippen LogP contribution is 2.34. The summed E-state index contributed by atoms with van der Waals surface area (Å²) in [5.41, 5.74) is 4.17. The molecule has 4 rings (SSSR count). The van der Waals surface area contributed by atoms with E-state index in [1.54, 1.807) is 18.1 Å². The molecule has 1 aliphatic heterocycles. The lowest BCUT2D eigenvalue weighted by molar-refractivity contribution is 0.256. The summed E-state index contributed by atoms with van der Waals surface area (Å²) in [6.07, 6.45) is 3.70. The molecule has 0 fully saturated rings. The van der Waals surface area contributed by atoms with Crippen LogP contribution in [0, 0.1) is 0 Å². The van der Waals surface area contributed by atoms with E-state index in [1.807, 2.05) is 52.9 Å². The second kappa shape index (κ2) is 8.06. The average molecular weight is 394 g/mol. The number of amides is 2. The molecule has 0 saturated carbocycles. The summed E-state index contributed by atoms with van der Waals surface area (Å²) >= 11 is 1.64. The maximum absolute atomic E-state index is 12.9. The maximum atomic E-state index is 12.9. The first-order chi connectivity index (χ1) is 13.6. The van der Waals surface area contributed by atoms with Gasteiger partial charge >= 0.3 is 6.03 Å². The monoisotopic (exact) mass is 393 g/mol. The van der Waals surface area contributed by atoms with E-state index in [9.17, 15) is 4.79 Å². The maximum Gasteiger partial charge on any atom is 0.326 e. The normalized spacial score (nSPS) is 14.4. The van der Waals surface area contributed by atoms with Crippen LogP contribution < -0.4 is 10.2 Å². The summed E-state index contributed by atoms with van der Waals surface area (Å²) in [7, 11) is 1.93. The molecule has 2 aromatic carbocycles. The van der Waals surface area contributed by atoms with Crippen LogP contribution in [0.15, 0.2) is 60.0 Å². The van der Waals surface area contributed by atoms with Gasteiger partial charge < -0.3 is 9.88 Å². The Morgan fingerprint density at radius 2 is 2.07 bits per heavy atom. The number of para-hydroxylation sites is 1. The lowest BCUT2D eigenvalue weighted by Crippen LogP contribution is -2.38. The quantitative estimate of drug-likeness (QED) is 0.655. The number of hydrogen-bond donors (Lipinski definition) is 1. The molecule has 0 unspecified atom stereocenters. The Kier molecular flexibility index (Phi) is 5.34. The van der Waals surface area contributed by atoms with Crippen molar-refractivity contribution >= 4 is 29.2 Å². The number of aryl methyl sites for hydroxylation is 2. The molecule has 1 aromatic heterocycles. The number of carbonyl (C=O) groups excluding carboxylic acids is 1. The van der Waals surface area contributed by atoms with Gasteiger partial charge in [0.1, 0.15) is 6.33 Å². The number of aromatic nitrogens is 3. The van der Waals surface area contributed by atoms with Crippen molar-refractivity contribution in [2.75, 3.05) is 16.8 Å². The Labute approximate surface area is 169 Å². The van der Waals surface area contributed by atoms with Crippen LogP contribution in [0.5, 0.6) is 0 Å². The molecule has 1 atom stereocenters. The predicted octanol–water partition coefficient (Wildman–Crippen LogP) is 4.65. The van der Waals surface area contributed by atoms with Crippen molar-refractivity contribution in [1.29, 1.82) is 0 Å². The lowest BCUT2D eigenvalue weighted by Gasteiger charge is -2.29. The van der Waals surface area contributed by atoms with Gasteiger partial charge in [0, 0.05) is 30.2 Å². The van der Waals surface area contributed by atoms with E-state index in [0.29, 0.717) is 0 Å². The predicted molar refractivity (Wildman–Crippen MR) is 113 cm³/mol. The Morgan fingerprint density at radius 3 is 2.89 bits per heavy atom. The molecule has 144 valence electrons. The third-order valence-corrected chi connectivity index (χ3v) is 6.12. The van der Waals surface area contributed by atoms with Crippen molar-refractivity contribution in [2.24, 2.45) is 7.05 Å². The first-order valence-corrected chi connectivity index (χ1v) is 10.3. The average Bonchev–Trinajstić information content (AvgIpc) is 3.12. The number of benzene rings is 2. The number of hydrogen-bond acceptors (Lipinski definition) is 4. The second-order valence-electron chi connectivity index (χ2n) is 6.92. The van der Waals surface area contributed by atoms with E-state index in [2.05, 4.69) is 34.6 Å². The number of thioether (sulfide) groups is 1. The Morgan fingerprint density at radius 1 is 1.21 bits per heavy atom. The van der Waals surface area contributed by atoms with E-state index in [1.165, 1.54) is 5.56 Å². The summed E-state index contributed by atoms with van der Waals surface area (Å²) in [5, 5.41) is 12.2. The van der Waals surface area contributed by atoms with Crippen LogP contribution in [0.25, 0.3) is 0 Å². The van der Waals surface area contributed by atoms with Crippen LogP contribution in [-0.4, -0.2) is 27.3 Å².